The van der Waals surface area contributed by atoms with Crippen LogP contribution in [0.2, 0.25) is 0 Å². The maximum absolute atomic E-state index is 11.0. The summed E-state index contributed by atoms with van der Waals surface area (Å²) in [6.07, 6.45) is 7.85. The van der Waals surface area contributed by atoms with Gasteiger partial charge in [0.25, 0.3) is 0 Å². The predicted octanol–water partition coefficient (Wildman–Crippen LogP) is 2.71. The molecule has 1 rings (SSSR count). The summed E-state index contributed by atoms with van der Waals surface area (Å²) in [5.41, 5.74) is 1.11. The lowest BCUT2D eigenvalue weighted by atomic mass is 9.95. The van der Waals surface area contributed by atoms with E-state index in [1.165, 1.54) is 0 Å². The van der Waals surface area contributed by atoms with Crippen molar-refractivity contribution in [1.29, 1.82) is 0 Å². The molecule has 1 aliphatic carbocycles. The van der Waals surface area contributed by atoms with Gasteiger partial charge in [0.1, 0.15) is 0 Å². The van der Waals surface area contributed by atoms with E-state index in [0.29, 0.717) is 12.3 Å². The maximum Gasteiger partial charge on any atom is 0.151 e. The molecule has 0 aromatic rings. The van der Waals surface area contributed by atoms with Crippen LogP contribution in [0.3, 0.4) is 0 Å². The lowest BCUT2D eigenvalue weighted by Crippen LogP contribution is -2.03. The fourth-order valence-corrected chi connectivity index (χ4v) is 1.41. The minimum absolute atomic E-state index is 0.0988. The predicted molar refractivity (Wildman–Crippen MR) is 51.3 cm³/mol. The smallest absolute Gasteiger partial charge is 0.151 e. The molecule has 0 aromatic heterocycles. The molecule has 66 valence electrons. The first-order valence-corrected chi connectivity index (χ1v) is 4.70. The minimum atomic E-state index is 0.0988. The van der Waals surface area contributed by atoms with Gasteiger partial charge in [-0.1, -0.05) is 25.2 Å². The van der Waals surface area contributed by atoms with Gasteiger partial charge in [0, 0.05) is 6.42 Å². The normalized spacial score (nSPS) is 22.2. The summed E-state index contributed by atoms with van der Waals surface area (Å²) in [7, 11) is 0. The molecule has 12 heavy (non-hydrogen) atoms. The number of carbonyl (C=O) groups is 1. The summed E-state index contributed by atoms with van der Waals surface area (Å²) < 4.78 is 0. The second-order valence-corrected chi connectivity index (χ2v) is 3.47. The van der Waals surface area contributed by atoms with Crippen molar-refractivity contribution in [3.05, 3.63) is 23.8 Å². The van der Waals surface area contributed by atoms with Gasteiger partial charge in [0.15, 0.2) is 5.78 Å². The van der Waals surface area contributed by atoms with Gasteiger partial charge >= 0.3 is 0 Å². The summed E-state index contributed by atoms with van der Waals surface area (Å²) in [4.78, 5) is 11.0. The van der Waals surface area contributed by atoms with Crippen LogP contribution in [-0.4, -0.2) is 11.7 Å². The van der Waals surface area contributed by atoms with Crippen molar-refractivity contribution in [2.75, 3.05) is 5.88 Å². The highest BCUT2D eigenvalue weighted by Gasteiger charge is 2.07. The molecule has 0 heterocycles. The van der Waals surface area contributed by atoms with Gasteiger partial charge in [-0.2, -0.15) is 0 Å². The molecule has 0 saturated heterocycles. The number of ketones is 1. The molecule has 0 radical (unpaired) electrons. The number of alkyl halides is 1. The zero-order valence-corrected chi connectivity index (χ0v) is 7.97. The first-order valence-electron chi connectivity index (χ1n) is 4.17. The average molecular weight is 185 g/mol. The molecule has 0 fully saturated rings. The van der Waals surface area contributed by atoms with E-state index in [0.717, 1.165) is 12.0 Å². The molecule has 0 amide bonds. The zero-order chi connectivity index (χ0) is 8.97. The summed E-state index contributed by atoms with van der Waals surface area (Å²) in [5.74, 6) is 0.786. The van der Waals surface area contributed by atoms with E-state index in [2.05, 4.69) is 19.1 Å². The van der Waals surface area contributed by atoms with Crippen molar-refractivity contribution in [2.24, 2.45) is 5.92 Å². The van der Waals surface area contributed by atoms with Gasteiger partial charge in [-0.25, -0.2) is 0 Å². The second-order valence-electron chi connectivity index (χ2n) is 3.21. The van der Waals surface area contributed by atoms with Crippen LogP contribution in [0.15, 0.2) is 23.8 Å². The van der Waals surface area contributed by atoms with Crippen LogP contribution < -0.4 is 0 Å². The summed E-state index contributed by atoms with van der Waals surface area (Å²) >= 11 is 5.41. The van der Waals surface area contributed by atoms with Crippen molar-refractivity contribution in [2.45, 2.75) is 19.8 Å². The fourth-order valence-electron chi connectivity index (χ4n) is 1.32. The molecule has 0 aromatic carbocycles. The highest BCUT2D eigenvalue weighted by atomic mass is 35.5. The third-order valence-electron chi connectivity index (χ3n) is 1.89. The Hall–Kier alpha value is -0.560. The van der Waals surface area contributed by atoms with Gasteiger partial charge in [0.2, 0.25) is 0 Å². The Labute approximate surface area is 78.1 Å². The molecule has 0 aliphatic heterocycles. The molecule has 0 bridgehead atoms. The Bertz CT molecular complexity index is 228. The Morgan fingerprint density at radius 2 is 2.50 bits per heavy atom. The van der Waals surface area contributed by atoms with Gasteiger partial charge in [-0.05, 0) is 17.9 Å². The van der Waals surface area contributed by atoms with E-state index in [9.17, 15) is 4.79 Å². The molecule has 0 N–H and O–H groups in total. The Morgan fingerprint density at radius 1 is 1.75 bits per heavy atom. The molecule has 0 saturated carbocycles. The van der Waals surface area contributed by atoms with E-state index in [4.69, 9.17) is 11.6 Å². The van der Waals surface area contributed by atoms with Gasteiger partial charge < -0.3 is 0 Å². The standard InChI is InChI=1S/C10H13ClO/c1-8-3-2-4-9(5-8)6-10(12)7-11/h2,4-5,8H,3,6-7H2,1H3. The topological polar surface area (TPSA) is 17.1 Å². The van der Waals surface area contributed by atoms with Gasteiger partial charge in [-0.3, -0.25) is 4.79 Å². The molecule has 1 unspecified atom stereocenters. The lowest BCUT2D eigenvalue weighted by Gasteiger charge is -2.10. The Kier molecular flexibility index (Phi) is 3.54. The number of allylic oxidation sites excluding steroid dienone is 4. The molecule has 1 nitrogen and oxygen atoms in total. The summed E-state index contributed by atoms with van der Waals surface area (Å²) in [6.45, 7) is 2.15. The third-order valence-corrected chi connectivity index (χ3v) is 2.19. The monoisotopic (exact) mass is 184 g/mol. The Morgan fingerprint density at radius 3 is 3.08 bits per heavy atom. The van der Waals surface area contributed by atoms with Crippen molar-refractivity contribution in [3.8, 4) is 0 Å². The first-order chi connectivity index (χ1) is 5.72. The van der Waals surface area contributed by atoms with Crippen LogP contribution in [0, 0.1) is 5.92 Å². The van der Waals surface area contributed by atoms with Crippen molar-refractivity contribution in [3.63, 3.8) is 0 Å². The average Bonchev–Trinajstić information content (AvgIpc) is 2.04. The molecule has 2 heteroatoms. The van der Waals surface area contributed by atoms with E-state index in [-0.39, 0.29) is 11.7 Å². The Balaban J connectivity index is 2.52. The molecule has 1 atom stereocenters. The van der Waals surface area contributed by atoms with Crippen LogP contribution in [0.4, 0.5) is 0 Å². The number of rotatable bonds is 3. The molecule has 1 aliphatic rings. The summed E-state index contributed by atoms with van der Waals surface area (Å²) in [6, 6.07) is 0. The highest BCUT2D eigenvalue weighted by molar-refractivity contribution is 6.27. The molecule has 0 spiro atoms. The quantitative estimate of drug-likeness (QED) is 0.617. The van der Waals surface area contributed by atoms with Gasteiger partial charge in [0.05, 0.1) is 5.88 Å². The van der Waals surface area contributed by atoms with Crippen LogP contribution in [0.5, 0.6) is 0 Å². The highest BCUT2D eigenvalue weighted by Crippen LogP contribution is 2.18. The molecular weight excluding hydrogens is 172 g/mol. The van der Waals surface area contributed by atoms with Crippen molar-refractivity contribution < 1.29 is 4.79 Å². The van der Waals surface area contributed by atoms with E-state index < -0.39 is 0 Å². The van der Waals surface area contributed by atoms with Gasteiger partial charge in [-0.15, -0.1) is 11.6 Å². The van der Waals surface area contributed by atoms with Crippen molar-refractivity contribution >= 4 is 17.4 Å². The van der Waals surface area contributed by atoms with E-state index in [1.54, 1.807) is 0 Å². The SMILES string of the molecule is CC1C=C(CC(=O)CCl)C=CC1. The number of halogens is 1. The largest absolute Gasteiger partial charge is 0.298 e. The maximum atomic E-state index is 11.0. The van der Waals surface area contributed by atoms with Crippen LogP contribution >= 0.6 is 11.6 Å². The lowest BCUT2D eigenvalue weighted by molar-refractivity contribution is -0.116. The van der Waals surface area contributed by atoms with Crippen LogP contribution in [0.25, 0.3) is 0 Å². The van der Waals surface area contributed by atoms with E-state index >= 15 is 0 Å². The second kappa shape index (κ2) is 4.46. The number of carbonyl (C=O) groups excluding carboxylic acids is 1. The number of Topliss-reactive ketones (excluding diaryl/α,β-unsaturated/α-hetero) is 1. The van der Waals surface area contributed by atoms with E-state index in [1.807, 2.05) is 6.08 Å². The van der Waals surface area contributed by atoms with Crippen LogP contribution in [-0.2, 0) is 4.79 Å². The number of hydrogen-bond acceptors (Lipinski definition) is 1. The third kappa shape index (κ3) is 2.82. The van der Waals surface area contributed by atoms with Crippen LogP contribution in [0.1, 0.15) is 19.8 Å². The first kappa shape index (κ1) is 9.53. The summed E-state index contributed by atoms with van der Waals surface area (Å²) in [5, 5.41) is 0. The fraction of sp³-hybridized carbons (Fsp3) is 0.500. The number of hydrogen-bond donors (Lipinski definition) is 0. The van der Waals surface area contributed by atoms with Crippen molar-refractivity contribution in [1.82, 2.24) is 0 Å². The zero-order valence-electron chi connectivity index (χ0n) is 7.22. The minimum Gasteiger partial charge on any atom is -0.298 e. The molecular formula is C10H13ClO.